The van der Waals surface area contributed by atoms with E-state index >= 15 is 0 Å². The number of ether oxygens (including phenoxy) is 1. The summed E-state index contributed by atoms with van der Waals surface area (Å²) < 4.78 is 10.6. The van der Waals surface area contributed by atoms with Gasteiger partial charge in [0, 0.05) is 5.56 Å². The molecule has 7 nitrogen and oxygen atoms in total. The summed E-state index contributed by atoms with van der Waals surface area (Å²) in [6.45, 7) is 12.7. The van der Waals surface area contributed by atoms with Crippen LogP contribution < -0.4 is 10.8 Å². The van der Waals surface area contributed by atoms with Crippen molar-refractivity contribution >= 4 is 30.1 Å². The summed E-state index contributed by atoms with van der Waals surface area (Å²) in [5, 5.41) is 12.8. The van der Waals surface area contributed by atoms with Crippen molar-refractivity contribution in [2.75, 3.05) is 0 Å². The van der Waals surface area contributed by atoms with E-state index in [1.165, 1.54) is 0 Å². The maximum atomic E-state index is 12.9. The van der Waals surface area contributed by atoms with E-state index in [2.05, 4.69) is 10.2 Å². The normalized spacial score (nSPS) is 13.5. The zero-order valence-electron chi connectivity index (χ0n) is 17.1. The van der Waals surface area contributed by atoms with Gasteiger partial charge in [-0.2, -0.15) is 0 Å². The zero-order valence-corrected chi connectivity index (χ0v) is 17.1. The maximum absolute atomic E-state index is 12.9. The number of carbonyl (C=O) groups excluding carboxylic acids is 2. The Morgan fingerprint density at radius 2 is 1.97 bits per heavy atom. The van der Waals surface area contributed by atoms with Crippen LogP contribution in [-0.4, -0.2) is 30.1 Å². The second kappa shape index (κ2) is 9.12. The molecule has 2 aromatic carbocycles. The highest BCUT2D eigenvalue weighted by Crippen LogP contribution is 2.18. The fourth-order valence-corrected chi connectivity index (χ4v) is 3.38. The maximum Gasteiger partial charge on any atom is 0.492 e. The van der Waals surface area contributed by atoms with Gasteiger partial charge in [-0.05, 0) is 41.1 Å². The second-order valence-corrected chi connectivity index (χ2v) is 7.56. The lowest BCUT2D eigenvalue weighted by atomic mass is 9.75. The number of esters is 1. The number of carbonyl (C=O) groups is 2. The van der Waals surface area contributed by atoms with E-state index in [0.29, 0.717) is 28.9 Å². The minimum Gasteiger partial charge on any atom is -0.459 e. The van der Waals surface area contributed by atoms with Gasteiger partial charge in [-0.15, -0.1) is 0 Å². The lowest BCUT2D eigenvalue weighted by Gasteiger charge is -2.22. The first-order valence-electron chi connectivity index (χ1n) is 9.67. The number of hydrogen-bond acceptors (Lipinski definition) is 5. The van der Waals surface area contributed by atoms with Crippen LogP contribution in [0.4, 0.5) is 5.69 Å². The number of nitrogens with one attached hydrogen (secondary N) is 1. The van der Waals surface area contributed by atoms with E-state index in [1.54, 1.807) is 43.3 Å². The standard InChI is InChI=1S/C22H23BN2O5/c1-13(2)20(22(27)29-11-15-5-8-17(24-4)9-6-15)25-21(26)18-10-7-16-12-30-23(28)19(16)14(18)3/h5-10,13,20,28H,11-12H2,1-3H3,(H,25,26)/t20-/m0/s1. The van der Waals surface area contributed by atoms with Crippen molar-refractivity contribution in [3.8, 4) is 0 Å². The Balaban J connectivity index is 1.69. The number of fused-ring (bicyclic) bond motifs is 1. The first kappa shape index (κ1) is 21.6. The molecule has 1 atom stereocenters. The van der Waals surface area contributed by atoms with Gasteiger partial charge in [0.05, 0.1) is 13.2 Å². The highest BCUT2D eigenvalue weighted by Gasteiger charge is 2.32. The molecule has 2 aromatic rings. The predicted octanol–water partition coefficient (Wildman–Crippen LogP) is 2.26. The smallest absolute Gasteiger partial charge is 0.459 e. The van der Waals surface area contributed by atoms with Crippen LogP contribution in [0.5, 0.6) is 0 Å². The van der Waals surface area contributed by atoms with E-state index in [0.717, 1.165) is 11.1 Å². The average Bonchev–Trinajstić information content (AvgIpc) is 3.12. The van der Waals surface area contributed by atoms with Crippen LogP contribution in [-0.2, 0) is 27.4 Å². The highest BCUT2D eigenvalue weighted by molar-refractivity contribution is 6.62. The Kier molecular flexibility index (Phi) is 6.55. The van der Waals surface area contributed by atoms with Crippen molar-refractivity contribution in [2.24, 2.45) is 5.92 Å². The third-order valence-electron chi connectivity index (χ3n) is 5.15. The van der Waals surface area contributed by atoms with Crippen LogP contribution >= 0.6 is 0 Å². The van der Waals surface area contributed by atoms with Gasteiger partial charge in [-0.1, -0.05) is 44.2 Å². The zero-order chi connectivity index (χ0) is 21.8. The van der Waals surface area contributed by atoms with E-state index < -0.39 is 25.0 Å². The fraction of sp³-hybridized carbons (Fsp3) is 0.318. The highest BCUT2D eigenvalue weighted by atomic mass is 16.5. The third kappa shape index (κ3) is 4.53. The molecule has 0 aromatic heterocycles. The van der Waals surface area contributed by atoms with Crippen molar-refractivity contribution in [3.63, 3.8) is 0 Å². The van der Waals surface area contributed by atoms with Crippen LogP contribution in [0.2, 0.25) is 0 Å². The van der Waals surface area contributed by atoms with Gasteiger partial charge in [-0.3, -0.25) is 4.79 Å². The summed E-state index contributed by atoms with van der Waals surface area (Å²) in [6, 6.07) is 9.37. The first-order chi connectivity index (χ1) is 14.3. The van der Waals surface area contributed by atoms with Crippen molar-refractivity contribution < 1.29 is 24.0 Å². The second-order valence-electron chi connectivity index (χ2n) is 7.56. The molecule has 0 spiro atoms. The van der Waals surface area contributed by atoms with Crippen LogP contribution in [0.3, 0.4) is 0 Å². The molecule has 0 saturated carbocycles. The number of benzene rings is 2. The molecule has 0 unspecified atom stereocenters. The molecule has 0 aliphatic carbocycles. The lowest BCUT2D eigenvalue weighted by Crippen LogP contribution is -2.46. The van der Waals surface area contributed by atoms with Crippen molar-refractivity contribution in [1.29, 1.82) is 0 Å². The van der Waals surface area contributed by atoms with Gasteiger partial charge < -0.3 is 19.7 Å². The topological polar surface area (TPSA) is 89.2 Å². The summed E-state index contributed by atoms with van der Waals surface area (Å²) in [5.41, 5.74) is 3.73. The van der Waals surface area contributed by atoms with Gasteiger partial charge in [0.1, 0.15) is 12.6 Å². The molecule has 0 saturated heterocycles. The van der Waals surface area contributed by atoms with Gasteiger partial charge in [0.15, 0.2) is 5.69 Å². The minimum atomic E-state index is -1.05. The molecule has 1 heterocycles. The van der Waals surface area contributed by atoms with Gasteiger partial charge in [0.25, 0.3) is 5.91 Å². The average molecular weight is 406 g/mol. The summed E-state index contributed by atoms with van der Waals surface area (Å²) >= 11 is 0. The van der Waals surface area contributed by atoms with Crippen molar-refractivity contribution in [3.05, 3.63) is 70.1 Å². The molecule has 30 heavy (non-hydrogen) atoms. The Bertz CT molecular complexity index is 998. The predicted molar refractivity (Wildman–Crippen MR) is 112 cm³/mol. The molecule has 3 rings (SSSR count). The van der Waals surface area contributed by atoms with E-state index in [9.17, 15) is 14.6 Å². The van der Waals surface area contributed by atoms with Crippen LogP contribution in [0.25, 0.3) is 4.85 Å². The molecule has 0 bridgehead atoms. The summed E-state index contributed by atoms with van der Waals surface area (Å²) in [4.78, 5) is 28.8. The summed E-state index contributed by atoms with van der Waals surface area (Å²) in [6.07, 6.45) is 0. The van der Waals surface area contributed by atoms with Gasteiger partial charge in [0.2, 0.25) is 0 Å². The van der Waals surface area contributed by atoms with Gasteiger partial charge >= 0.3 is 13.1 Å². The summed E-state index contributed by atoms with van der Waals surface area (Å²) in [5.74, 6) is -1.13. The fourth-order valence-electron chi connectivity index (χ4n) is 3.38. The number of nitrogens with zero attached hydrogens (tertiary/aromatic N) is 1. The van der Waals surface area contributed by atoms with E-state index in [1.807, 2.05) is 13.8 Å². The van der Waals surface area contributed by atoms with Crippen LogP contribution in [0, 0.1) is 19.4 Å². The Hall–Kier alpha value is -3.15. The van der Waals surface area contributed by atoms with Crippen LogP contribution in [0.15, 0.2) is 36.4 Å². The first-order valence-corrected chi connectivity index (χ1v) is 9.67. The molecule has 8 heteroatoms. The number of amides is 1. The molecule has 154 valence electrons. The summed E-state index contributed by atoms with van der Waals surface area (Å²) in [7, 11) is -1.05. The number of hydrogen-bond donors (Lipinski definition) is 2. The Labute approximate surface area is 176 Å². The molecule has 1 aliphatic rings. The molecular weight excluding hydrogens is 383 g/mol. The van der Waals surface area contributed by atoms with Crippen LogP contribution in [0.1, 0.15) is 40.9 Å². The van der Waals surface area contributed by atoms with Gasteiger partial charge in [-0.25, -0.2) is 9.64 Å². The number of rotatable bonds is 6. The van der Waals surface area contributed by atoms with E-state index in [4.69, 9.17) is 16.0 Å². The molecule has 0 radical (unpaired) electrons. The quantitative estimate of drug-likeness (QED) is 0.437. The molecule has 0 fully saturated rings. The SMILES string of the molecule is [C-]#[N+]c1ccc(COC(=O)[C@@H](NC(=O)c2ccc3c(c2C)B(O)OC3)C(C)C)cc1. The van der Waals surface area contributed by atoms with E-state index in [-0.39, 0.29) is 12.5 Å². The minimum absolute atomic E-state index is 0.0532. The molecule has 2 N–H and O–H groups in total. The van der Waals surface area contributed by atoms with Crippen molar-refractivity contribution in [1.82, 2.24) is 5.32 Å². The molecular formula is C22H23BN2O5. The van der Waals surface area contributed by atoms with Crippen molar-refractivity contribution in [2.45, 2.75) is 40.0 Å². The Morgan fingerprint density at radius 3 is 2.60 bits per heavy atom. The molecule has 1 aliphatic heterocycles. The lowest BCUT2D eigenvalue weighted by molar-refractivity contribution is -0.148. The Morgan fingerprint density at radius 1 is 1.27 bits per heavy atom. The monoisotopic (exact) mass is 406 g/mol. The molecule has 1 amide bonds. The largest absolute Gasteiger partial charge is 0.492 e. The third-order valence-corrected chi connectivity index (χ3v) is 5.15.